The molecule has 3 nitrogen and oxygen atoms in total. The first-order chi connectivity index (χ1) is 8.22. The highest BCUT2D eigenvalue weighted by Gasteiger charge is 2.07. The molecule has 0 aromatic carbocycles. The van der Waals surface area contributed by atoms with Crippen molar-refractivity contribution in [3.8, 4) is 23.5 Å². The van der Waals surface area contributed by atoms with E-state index in [1.54, 1.807) is 0 Å². The first kappa shape index (κ1) is 10.9. The van der Waals surface area contributed by atoms with Crippen molar-refractivity contribution in [1.29, 1.82) is 0 Å². The van der Waals surface area contributed by atoms with Crippen LogP contribution in [0.4, 0.5) is 0 Å². The molecule has 3 heteroatoms. The lowest BCUT2D eigenvalue weighted by Gasteiger charge is -1.94. The Morgan fingerprint density at radius 2 is 1.94 bits per heavy atom. The van der Waals surface area contributed by atoms with E-state index >= 15 is 0 Å². The van der Waals surface area contributed by atoms with Crippen LogP contribution in [-0.4, -0.2) is 16.1 Å². The first-order valence-electron chi connectivity index (χ1n) is 4.97. The minimum atomic E-state index is -1.05. The number of carbonyl (C=O) groups is 1. The molecule has 1 aromatic rings. The van der Waals surface area contributed by atoms with Gasteiger partial charge in [0.15, 0.2) is 0 Å². The zero-order chi connectivity index (χ0) is 12.3. The number of nitrogens with zero attached hydrogens (tertiary/aromatic N) is 1. The Kier molecular flexibility index (Phi) is 2.89. The van der Waals surface area contributed by atoms with Gasteiger partial charge in [-0.1, -0.05) is 18.2 Å². The number of aromatic nitrogens is 1. The molecule has 17 heavy (non-hydrogen) atoms. The van der Waals surface area contributed by atoms with Crippen molar-refractivity contribution in [3.05, 3.63) is 53.9 Å². The summed E-state index contributed by atoms with van der Waals surface area (Å²) in [6, 6.07) is 11.4. The molecule has 0 aliphatic heterocycles. The maximum atomic E-state index is 10.4. The monoisotopic (exact) mass is 223 g/mol. The third-order valence-corrected chi connectivity index (χ3v) is 2.29. The molecule has 0 saturated heterocycles. The van der Waals surface area contributed by atoms with Gasteiger partial charge in [-0.25, -0.2) is 9.78 Å². The summed E-state index contributed by atoms with van der Waals surface area (Å²) >= 11 is 0. The lowest BCUT2D eigenvalue weighted by atomic mass is 10.2. The molecule has 2 aliphatic rings. The Hall–Kier alpha value is -2.60. The van der Waals surface area contributed by atoms with Gasteiger partial charge in [-0.05, 0) is 35.2 Å². The van der Waals surface area contributed by atoms with Crippen LogP contribution in [0.2, 0.25) is 0 Å². The van der Waals surface area contributed by atoms with E-state index in [1.165, 1.54) is 29.5 Å². The zero-order valence-electron chi connectivity index (χ0n) is 8.92. The maximum absolute atomic E-state index is 10.4. The van der Waals surface area contributed by atoms with E-state index in [0.717, 1.165) is 0 Å². The smallest absolute Gasteiger partial charge is 0.338 e. The number of carboxylic acid groups (broad SMARTS) is 1. The van der Waals surface area contributed by atoms with Crippen molar-refractivity contribution in [3.63, 3.8) is 0 Å². The zero-order valence-corrected chi connectivity index (χ0v) is 8.92. The standard InChI is InChI=1S/C8H5NO2.C6H4/c1-2-7-6(8(10)11)4-3-5-9-7;1-2-5-4-6(5)3-1/h1,3-5H,(H,10,11);1-4H. The number of pyridine rings is 1. The largest absolute Gasteiger partial charge is 0.478 e. The predicted molar refractivity (Wildman–Crippen MR) is 64.6 cm³/mol. The Labute approximate surface area is 98.8 Å². The van der Waals surface area contributed by atoms with Crippen LogP contribution in [0, 0.1) is 12.3 Å². The normalized spacial score (nSPS) is 9.59. The average molecular weight is 223 g/mol. The van der Waals surface area contributed by atoms with E-state index in [-0.39, 0.29) is 11.3 Å². The maximum Gasteiger partial charge on any atom is 0.338 e. The summed E-state index contributed by atoms with van der Waals surface area (Å²) in [6.07, 6.45) is 6.47. The minimum Gasteiger partial charge on any atom is -0.478 e. The van der Waals surface area contributed by atoms with Gasteiger partial charge < -0.3 is 5.11 Å². The first-order valence-corrected chi connectivity index (χ1v) is 4.97. The molecule has 1 heterocycles. The SMILES string of the molecule is C#Cc1ncccc1C(=O)O.c1cc2cc-2c1. The lowest BCUT2D eigenvalue weighted by molar-refractivity contribution is 0.0696. The fraction of sp³-hybridized carbons (Fsp3) is 0. The van der Waals surface area contributed by atoms with Gasteiger partial charge in [-0.15, -0.1) is 6.42 Å². The second-order valence-corrected chi connectivity index (χ2v) is 3.43. The van der Waals surface area contributed by atoms with Gasteiger partial charge in [-0.2, -0.15) is 0 Å². The van der Waals surface area contributed by atoms with Gasteiger partial charge in [0.1, 0.15) is 5.69 Å². The predicted octanol–water partition coefficient (Wildman–Crippen LogP) is 2.43. The van der Waals surface area contributed by atoms with Crippen LogP contribution in [0.1, 0.15) is 16.1 Å². The van der Waals surface area contributed by atoms with E-state index < -0.39 is 5.97 Å². The molecule has 3 rings (SSSR count). The molecule has 0 unspecified atom stereocenters. The molecule has 0 fully saturated rings. The molecule has 0 atom stereocenters. The molecular weight excluding hydrogens is 214 g/mol. The van der Waals surface area contributed by atoms with E-state index in [4.69, 9.17) is 11.5 Å². The van der Waals surface area contributed by atoms with E-state index in [9.17, 15) is 4.79 Å². The number of carboxylic acids is 1. The van der Waals surface area contributed by atoms with Crippen molar-refractivity contribution in [2.24, 2.45) is 0 Å². The third-order valence-electron chi connectivity index (χ3n) is 2.29. The average Bonchev–Trinajstić information content (AvgIpc) is 2.96. The van der Waals surface area contributed by atoms with Crippen LogP contribution >= 0.6 is 0 Å². The van der Waals surface area contributed by atoms with Crippen molar-refractivity contribution in [2.75, 3.05) is 0 Å². The summed E-state index contributed by atoms with van der Waals surface area (Å²) in [5.41, 5.74) is 3.08. The summed E-state index contributed by atoms with van der Waals surface area (Å²) < 4.78 is 0. The fourth-order valence-electron chi connectivity index (χ4n) is 1.37. The Morgan fingerprint density at radius 1 is 1.24 bits per heavy atom. The number of aromatic carboxylic acids is 1. The summed E-state index contributed by atoms with van der Waals surface area (Å²) in [5, 5.41) is 8.56. The Balaban J connectivity index is 0.000000148. The van der Waals surface area contributed by atoms with Gasteiger partial charge in [0.2, 0.25) is 0 Å². The van der Waals surface area contributed by atoms with E-state index in [0.29, 0.717) is 0 Å². The number of benzene rings is 1. The summed E-state index contributed by atoms with van der Waals surface area (Å²) in [5.74, 6) is 1.14. The second kappa shape index (κ2) is 4.50. The quantitative estimate of drug-likeness (QED) is 0.644. The number of rotatable bonds is 1. The molecular formula is C14H9NO2. The van der Waals surface area contributed by atoms with Crippen molar-refractivity contribution in [2.45, 2.75) is 0 Å². The molecule has 0 bridgehead atoms. The second-order valence-electron chi connectivity index (χ2n) is 3.43. The molecule has 0 amide bonds. The van der Waals surface area contributed by atoms with E-state index in [2.05, 4.69) is 35.2 Å². The van der Waals surface area contributed by atoms with Crippen LogP contribution in [0.5, 0.6) is 0 Å². The summed E-state index contributed by atoms with van der Waals surface area (Å²) in [7, 11) is 0. The van der Waals surface area contributed by atoms with Gasteiger partial charge in [0, 0.05) is 6.20 Å². The molecule has 0 spiro atoms. The van der Waals surface area contributed by atoms with Crippen molar-refractivity contribution >= 4 is 5.97 Å². The van der Waals surface area contributed by atoms with Crippen molar-refractivity contribution in [1.82, 2.24) is 4.98 Å². The van der Waals surface area contributed by atoms with E-state index in [1.807, 2.05) is 0 Å². The third kappa shape index (κ3) is 2.50. The van der Waals surface area contributed by atoms with Gasteiger partial charge in [0.25, 0.3) is 0 Å². The number of terminal acetylenes is 1. The van der Waals surface area contributed by atoms with Crippen LogP contribution in [0.25, 0.3) is 11.1 Å². The van der Waals surface area contributed by atoms with Crippen LogP contribution in [0.15, 0.2) is 42.6 Å². The van der Waals surface area contributed by atoms with Gasteiger partial charge >= 0.3 is 5.97 Å². The molecule has 82 valence electrons. The highest BCUT2D eigenvalue weighted by atomic mass is 16.4. The molecule has 1 N–H and O–H groups in total. The number of fused-ring (bicyclic) bond motifs is 1. The number of hydrogen-bond acceptors (Lipinski definition) is 2. The van der Waals surface area contributed by atoms with Crippen LogP contribution in [-0.2, 0) is 0 Å². The van der Waals surface area contributed by atoms with Crippen molar-refractivity contribution < 1.29 is 9.90 Å². The molecule has 0 radical (unpaired) electrons. The van der Waals surface area contributed by atoms with Gasteiger partial charge in [-0.3, -0.25) is 0 Å². The Bertz CT molecular complexity index is 594. The highest BCUT2D eigenvalue weighted by Crippen LogP contribution is 2.32. The minimum absolute atomic E-state index is 0.0648. The number of hydrogen-bond donors (Lipinski definition) is 1. The lowest BCUT2D eigenvalue weighted by Crippen LogP contribution is -2.00. The topological polar surface area (TPSA) is 50.2 Å². The molecule has 0 saturated carbocycles. The van der Waals surface area contributed by atoms with Crippen LogP contribution < -0.4 is 0 Å². The Morgan fingerprint density at radius 3 is 2.29 bits per heavy atom. The van der Waals surface area contributed by atoms with Gasteiger partial charge in [0.05, 0.1) is 5.56 Å². The highest BCUT2D eigenvalue weighted by molar-refractivity contribution is 5.89. The molecule has 2 aliphatic carbocycles. The fourth-order valence-corrected chi connectivity index (χ4v) is 1.37. The molecule has 1 aromatic heterocycles. The summed E-state index contributed by atoms with van der Waals surface area (Å²) in [4.78, 5) is 14.1. The van der Waals surface area contributed by atoms with Crippen LogP contribution in [0.3, 0.4) is 0 Å². The summed E-state index contributed by atoms with van der Waals surface area (Å²) in [6.45, 7) is 0.